The van der Waals surface area contributed by atoms with Crippen LogP contribution in [-0.4, -0.2) is 29.9 Å². The van der Waals surface area contributed by atoms with Crippen molar-refractivity contribution in [3.8, 4) is 0 Å². The molecule has 7 heteroatoms. The van der Waals surface area contributed by atoms with Crippen molar-refractivity contribution in [3.05, 3.63) is 46.3 Å². The number of carbonyl (C=O) groups excluding carboxylic acids is 1. The maximum Gasteiger partial charge on any atom is 0.338 e. The van der Waals surface area contributed by atoms with Crippen molar-refractivity contribution in [2.75, 3.05) is 6.54 Å². The van der Waals surface area contributed by atoms with Crippen LogP contribution in [0.25, 0.3) is 10.4 Å². The molecule has 1 aromatic carbocycles. The van der Waals surface area contributed by atoms with E-state index in [1.54, 1.807) is 24.3 Å². The second-order valence-corrected chi connectivity index (χ2v) is 5.29. The number of rotatable bonds is 4. The summed E-state index contributed by atoms with van der Waals surface area (Å²) in [5.74, 6) is -0.438. The van der Waals surface area contributed by atoms with Crippen molar-refractivity contribution >= 4 is 11.7 Å². The molecule has 0 aliphatic carbocycles. The van der Waals surface area contributed by atoms with Gasteiger partial charge in [-0.1, -0.05) is 28.5 Å². The van der Waals surface area contributed by atoms with Crippen molar-refractivity contribution in [1.82, 2.24) is 0 Å². The number of oxime groups is 1. The van der Waals surface area contributed by atoms with Gasteiger partial charge in [0.05, 0.1) is 12.1 Å². The Labute approximate surface area is 122 Å². The van der Waals surface area contributed by atoms with Crippen LogP contribution in [0.4, 0.5) is 0 Å². The molecule has 1 unspecified atom stereocenters. The third kappa shape index (κ3) is 3.97. The van der Waals surface area contributed by atoms with Crippen LogP contribution in [0.15, 0.2) is 40.6 Å². The first-order valence-electron chi connectivity index (χ1n) is 6.54. The molecule has 0 spiro atoms. The third-order valence-electron chi connectivity index (χ3n) is 3.01. The summed E-state index contributed by atoms with van der Waals surface area (Å²) in [6.07, 6.45) is -0.113. The SMILES string of the molecule is CC1(C)CC(OC(=O)c2ccccc2)C(CN=[N+]=[N-])=NO1. The average Bonchev–Trinajstić information content (AvgIpc) is 2.47. The van der Waals surface area contributed by atoms with Crippen molar-refractivity contribution in [3.63, 3.8) is 0 Å². The number of hydrogen-bond acceptors (Lipinski definition) is 5. The van der Waals surface area contributed by atoms with Gasteiger partial charge < -0.3 is 9.57 Å². The van der Waals surface area contributed by atoms with Gasteiger partial charge in [0.2, 0.25) is 0 Å². The molecule has 0 aromatic heterocycles. The monoisotopic (exact) mass is 288 g/mol. The molecule has 0 N–H and O–H groups in total. The van der Waals surface area contributed by atoms with Gasteiger partial charge in [0.25, 0.3) is 0 Å². The Morgan fingerprint density at radius 3 is 2.90 bits per heavy atom. The maximum atomic E-state index is 12.1. The highest BCUT2D eigenvalue weighted by molar-refractivity contribution is 5.95. The molecule has 1 aliphatic rings. The molecule has 1 aliphatic heterocycles. The quantitative estimate of drug-likeness (QED) is 0.368. The lowest BCUT2D eigenvalue weighted by Gasteiger charge is -2.32. The number of benzene rings is 1. The van der Waals surface area contributed by atoms with Gasteiger partial charge in [0.15, 0.2) is 0 Å². The molecule has 7 nitrogen and oxygen atoms in total. The van der Waals surface area contributed by atoms with Crippen LogP contribution in [0.3, 0.4) is 0 Å². The number of nitrogens with zero attached hydrogens (tertiary/aromatic N) is 4. The lowest BCUT2D eigenvalue weighted by atomic mass is 9.96. The van der Waals surface area contributed by atoms with E-state index in [1.165, 1.54) is 0 Å². The van der Waals surface area contributed by atoms with Crippen LogP contribution < -0.4 is 0 Å². The predicted molar refractivity (Wildman–Crippen MR) is 76.9 cm³/mol. The van der Waals surface area contributed by atoms with Crippen molar-refractivity contribution in [2.45, 2.75) is 32.0 Å². The van der Waals surface area contributed by atoms with E-state index in [0.717, 1.165) is 0 Å². The molecule has 0 saturated heterocycles. The summed E-state index contributed by atoms with van der Waals surface area (Å²) in [5.41, 5.74) is 8.74. The number of carbonyl (C=O) groups is 1. The van der Waals surface area contributed by atoms with E-state index >= 15 is 0 Å². The van der Waals surface area contributed by atoms with Gasteiger partial charge >= 0.3 is 5.97 Å². The number of esters is 1. The molecule has 21 heavy (non-hydrogen) atoms. The fraction of sp³-hybridized carbons (Fsp3) is 0.429. The topological polar surface area (TPSA) is 96.7 Å². The van der Waals surface area contributed by atoms with E-state index in [9.17, 15) is 4.79 Å². The molecule has 1 heterocycles. The van der Waals surface area contributed by atoms with Gasteiger partial charge in [-0.15, -0.1) is 0 Å². The van der Waals surface area contributed by atoms with Crippen LogP contribution in [-0.2, 0) is 9.57 Å². The zero-order chi connectivity index (χ0) is 15.3. The van der Waals surface area contributed by atoms with E-state index in [1.807, 2.05) is 19.9 Å². The summed E-state index contributed by atoms with van der Waals surface area (Å²) >= 11 is 0. The minimum atomic E-state index is -0.563. The Kier molecular flexibility index (Phi) is 4.45. The van der Waals surface area contributed by atoms with Crippen LogP contribution in [0, 0.1) is 0 Å². The van der Waals surface area contributed by atoms with Gasteiger partial charge in [-0.2, -0.15) is 0 Å². The lowest BCUT2D eigenvalue weighted by molar-refractivity contribution is -0.0593. The smallest absolute Gasteiger partial charge is 0.338 e. The fourth-order valence-electron chi connectivity index (χ4n) is 1.96. The fourth-order valence-corrected chi connectivity index (χ4v) is 1.96. The molecule has 0 amide bonds. The van der Waals surface area contributed by atoms with Crippen molar-refractivity contribution in [1.29, 1.82) is 0 Å². The van der Waals surface area contributed by atoms with E-state index in [2.05, 4.69) is 15.2 Å². The summed E-state index contributed by atoms with van der Waals surface area (Å²) in [5, 5.41) is 7.37. The summed E-state index contributed by atoms with van der Waals surface area (Å²) in [6.45, 7) is 3.72. The Morgan fingerprint density at radius 1 is 1.52 bits per heavy atom. The Hall–Kier alpha value is -2.53. The molecule has 0 fully saturated rings. The summed E-state index contributed by atoms with van der Waals surface area (Å²) in [6, 6.07) is 8.70. The third-order valence-corrected chi connectivity index (χ3v) is 3.01. The molecular weight excluding hydrogens is 272 g/mol. The number of hydrogen-bond donors (Lipinski definition) is 0. The highest BCUT2D eigenvalue weighted by Gasteiger charge is 2.35. The van der Waals surface area contributed by atoms with Crippen LogP contribution >= 0.6 is 0 Å². The standard InChI is InChI=1S/C14H16N4O3/c1-14(2)8-12(11(17-21-14)9-16-18-15)20-13(19)10-6-4-3-5-7-10/h3-7,12H,8-9H2,1-2H3. The predicted octanol–water partition coefficient (Wildman–Crippen LogP) is 3.08. The molecule has 110 valence electrons. The van der Waals surface area contributed by atoms with Crippen molar-refractivity contribution in [2.24, 2.45) is 10.3 Å². The van der Waals surface area contributed by atoms with Gasteiger partial charge in [-0.05, 0) is 31.5 Å². The number of ether oxygens (including phenoxy) is 1. The summed E-state index contributed by atoms with van der Waals surface area (Å²) in [7, 11) is 0. The van der Waals surface area contributed by atoms with E-state index in [4.69, 9.17) is 15.1 Å². The second kappa shape index (κ2) is 6.28. The number of azide groups is 1. The van der Waals surface area contributed by atoms with Gasteiger partial charge in [-0.25, -0.2) is 4.79 Å². The van der Waals surface area contributed by atoms with Crippen molar-refractivity contribution < 1.29 is 14.4 Å². The molecule has 1 aromatic rings. The largest absolute Gasteiger partial charge is 0.452 e. The highest BCUT2D eigenvalue weighted by atomic mass is 16.7. The normalized spacial score (nSPS) is 19.7. The molecule has 0 saturated carbocycles. The van der Waals surface area contributed by atoms with Crippen LogP contribution in [0.2, 0.25) is 0 Å². The average molecular weight is 288 g/mol. The van der Waals surface area contributed by atoms with Crippen LogP contribution in [0.5, 0.6) is 0 Å². The van der Waals surface area contributed by atoms with E-state index in [0.29, 0.717) is 17.7 Å². The van der Waals surface area contributed by atoms with E-state index in [-0.39, 0.29) is 6.54 Å². The zero-order valence-electron chi connectivity index (χ0n) is 11.9. The van der Waals surface area contributed by atoms with Crippen LogP contribution in [0.1, 0.15) is 30.6 Å². The second-order valence-electron chi connectivity index (χ2n) is 5.29. The minimum Gasteiger partial charge on any atom is -0.452 e. The first-order valence-corrected chi connectivity index (χ1v) is 6.54. The zero-order valence-corrected chi connectivity index (χ0v) is 11.9. The first kappa shape index (κ1) is 14.9. The summed E-state index contributed by atoms with van der Waals surface area (Å²) in [4.78, 5) is 20.1. The Bertz CT molecular complexity index is 591. The molecule has 0 radical (unpaired) electrons. The Balaban J connectivity index is 2.14. The van der Waals surface area contributed by atoms with Gasteiger partial charge in [0, 0.05) is 11.3 Å². The Morgan fingerprint density at radius 2 is 2.24 bits per heavy atom. The van der Waals surface area contributed by atoms with Gasteiger partial charge in [0.1, 0.15) is 17.4 Å². The van der Waals surface area contributed by atoms with E-state index < -0.39 is 17.7 Å². The molecule has 1 atom stereocenters. The maximum absolute atomic E-state index is 12.1. The minimum absolute atomic E-state index is 0.0132. The highest BCUT2D eigenvalue weighted by Crippen LogP contribution is 2.25. The lowest BCUT2D eigenvalue weighted by Crippen LogP contribution is -2.41. The first-order chi connectivity index (χ1) is 10.0. The molecular formula is C14H16N4O3. The van der Waals surface area contributed by atoms with Gasteiger partial charge in [-0.3, -0.25) is 0 Å². The molecule has 0 bridgehead atoms. The molecule has 2 rings (SSSR count). The summed E-state index contributed by atoms with van der Waals surface area (Å²) < 4.78 is 5.49.